The molecule has 0 radical (unpaired) electrons. The van der Waals surface area contributed by atoms with Crippen LogP contribution in [0.2, 0.25) is 0 Å². The molecule has 1 saturated heterocycles. The molecule has 4 aromatic rings. The van der Waals surface area contributed by atoms with Gasteiger partial charge in [-0.05, 0) is 28.0 Å². The smallest absolute Gasteiger partial charge is 0.0778 e. The molecular formula is C26H24N2O. The summed E-state index contributed by atoms with van der Waals surface area (Å²) in [6.07, 6.45) is 0.436. The van der Waals surface area contributed by atoms with E-state index in [9.17, 15) is 5.11 Å². The van der Waals surface area contributed by atoms with E-state index >= 15 is 0 Å². The molecule has 1 N–H and O–H groups in total. The van der Waals surface area contributed by atoms with Crippen molar-refractivity contribution in [3.63, 3.8) is 0 Å². The second-order valence-corrected chi connectivity index (χ2v) is 8.30. The van der Waals surface area contributed by atoms with Crippen molar-refractivity contribution < 1.29 is 5.11 Å². The first-order chi connectivity index (χ1) is 14.3. The maximum absolute atomic E-state index is 10.8. The van der Waals surface area contributed by atoms with Crippen molar-refractivity contribution in [2.45, 2.75) is 18.6 Å². The van der Waals surface area contributed by atoms with Crippen molar-refractivity contribution in [1.29, 1.82) is 0 Å². The predicted molar refractivity (Wildman–Crippen MR) is 119 cm³/mol. The van der Waals surface area contributed by atoms with Gasteiger partial charge in [-0.2, -0.15) is 0 Å². The van der Waals surface area contributed by atoms with Crippen LogP contribution in [0.3, 0.4) is 0 Å². The van der Waals surface area contributed by atoms with Crippen LogP contribution in [0, 0.1) is 0 Å². The molecule has 1 aliphatic heterocycles. The van der Waals surface area contributed by atoms with E-state index in [2.05, 4.69) is 88.7 Å². The van der Waals surface area contributed by atoms with Crippen LogP contribution < -0.4 is 4.90 Å². The summed E-state index contributed by atoms with van der Waals surface area (Å²) in [5.74, 6) is 0. The molecule has 1 fully saturated rings. The highest BCUT2D eigenvalue weighted by Crippen LogP contribution is 2.40. The molecule has 3 nitrogen and oxygen atoms in total. The molecule has 144 valence electrons. The molecule has 1 aliphatic carbocycles. The van der Waals surface area contributed by atoms with Crippen molar-refractivity contribution in [1.82, 2.24) is 4.90 Å². The lowest BCUT2D eigenvalue weighted by Crippen LogP contribution is -2.34. The van der Waals surface area contributed by atoms with Crippen LogP contribution in [0.1, 0.15) is 17.2 Å². The Morgan fingerprint density at radius 1 is 0.759 bits per heavy atom. The molecule has 6 rings (SSSR count). The molecule has 2 atom stereocenters. The Bertz CT molecular complexity index is 1160. The Kier molecular flexibility index (Phi) is 3.86. The van der Waals surface area contributed by atoms with Gasteiger partial charge >= 0.3 is 0 Å². The Morgan fingerprint density at radius 3 is 2.17 bits per heavy atom. The van der Waals surface area contributed by atoms with E-state index in [0.717, 1.165) is 26.2 Å². The number of fused-ring (bicyclic) bond motifs is 3. The Labute approximate surface area is 170 Å². The molecule has 1 unspecified atom stereocenters. The molecule has 0 bridgehead atoms. The monoisotopic (exact) mass is 380 g/mol. The maximum Gasteiger partial charge on any atom is 0.0778 e. The molecule has 2 aliphatic rings. The number of anilines is 1. The summed E-state index contributed by atoms with van der Waals surface area (Å²) in [4.78, 5) is 4.95. The average Bonchev–Trinajstić information content (AvgIpc) is 3.35. The van der Waals surface area contributed by atoms with Gasteiger partial charge in [0, 0.05) is 30.3 Å². The van der Waals surface area contributed by atoms with Gasteiger partial charge in [-0.25, -0.2) is 0 Å². The van der Waals surface area contributed by atoms with Gasteiger partial charge in [-0.3, -0.25) is 4.90 Å². The number of aliphatic hydroxyl groups excluding tert-OH is 1. The standard InChI is InChI=1S/C26H24N2O/c29-24-16-20-9-3-6-12-23(20)26(24)28-14-13-27(17-28)25-21-10-4-1-7-18(21)15-19-8-2-5-11-22(19)25/h1-12,15,24,26,29H,13-14,16-17H2/t24-,26?/m0/s1. The summed E-state index contributed by atoms with van der Waals surface area (Å²) in [6.45, 7) is 2.78. The molecule has 29 heavy (non-hydrogen) atoms. The summed E-state index contributed by atoms with van der Waals surface area (Å²) in [7, 11) is 0. The van der Waals surface area contributed by atoms with Crippen LogP contribution in [-0.4, -0.2) is 35.9 Å². The van der Waals surface area contributed by atoms with Gasteiger partial charge in [0.2, 0.25) is 0 Å². The van der Waals surface area contributed by atoms with Crippen molar-refractivity contribution in [2.24, 2.45) is 0 Å². The van der Waals surface area contributed by atoms with Crippen molar-refractivity contribution in [3.8, 4) is 0 Å². The lowest BCUT2D eigenvalue weighted by molar-refractivity contribution is 0.0760. The van der Waals surface area contributed by atoms with Crippen LogP contribution in [-0.2, 0) is 6.42 Å². The average molecular weight is 380 g/mol. The first-order valence-corrected chi connectivity index (χ1v) is 10.4. The highest BCUT2D eigenvalue weighted by molar-refractivity contribution is 6.11. The van der Waals surface area contributed by atoms with Crippen molar-refractivity contribution >= 4 is 27.2 Å². The third-order valence-electron chi connectivity index (χ3n) is 6.63. The van der Waals surface area contributed by atoms with E-state index in [-0.39, 0.29) is 12.1 Å². The topological polar surface area (TPSA) is 26.7 Å². The van der Waals surface area contributed by atoms with Crippen molar-refractivity contribution in [2.75, 3.05) is 24.7 Å². The van der Waals surface area contributed by atoms with E-state index in [1.807, 2.05) is 0 Å². The summed E-state index contributed by atoms with van der Waals surface area (Å²) in [6, 6.07) is 28.3. The molecular weight excluding hydrogens is 356 g/mol. The summed E-state index contributed by atoms with van der Waals surface area (Å²) in [5.41, 5.74) is 3.91. The van der Waals surface area contributed by atoms with Gasteiger partial charge in [0.1, 0.15) is 0 Å². The zero-order valence-electron chi connectivity index (χ0n) is 16.3. The fourth-order valence-electron chi connectivity index (χ4n) is 5.34. The Morgan fingerprint density at radius 2 is 1.41 bits per heavy atom. The molecule has 0 saturated carbocycles. The van der Waals surface area contributed by atoms with Crippen molar-refractivity contribution in [3.05, 3.63) is 90.0 Å². The number of aliphatic hydroxyl groups is 1. The highest BCUT2D eigenvalue weighted by atomic mass is 16.3. The normalized spacial score (nSPS) is 21.9. The van der Waals surface area contributed by atoms with Gasteiger partial charge < -0.3 is 10.0 Å². The minimum atomic E-state index is -0.323. The van der Waals surface area contributed by atoms with Crippen LogP contribution in [0.15, 0.2) is 78.9 Å². The summed E-state index contributed by atoms with van der Waals surface area (Å²) < 4.78 is 0. The van der Waals surface area contributed by atoms with Gasteiger partial charge in [0.05, 0.1) is 24.5 Å². The predicted octanol–water partition coefficient (Wildman–Crippen LogP) is 4.73. The van der Waals surface area contributed by atoms with Gasteiger partial charge in [0.25, 0.3) is 0 Å². The zero-order chi connectivity index (χ0) is 19.4. The van der Waals surface area contributed by atoms with E-state index in [1.54, 1.807) is 0 Å². The van der Waals surface area contributed by atoms with Crippen LogP contribution in [0.25, 0.3) is 21.5 Å². The minimum absolute atomic E-state index is 0.0949. The zero-order valence-corrected chi connectivity index (χ0v) is 16.3. The molecule has 1 heterocycles. The molecule has 4 aromatic carbocycles. The Hall–Kier alpha value is -2.88. The number of benzene rings is 4. The first kappa shape index (κ1) is 17.0. The SMILES string of the molecule is O[C@H]1Cc2ccccc2C1N1CCN(c2c3ccccc3cc3ccccc23)C1. The molecule has 0 spiro atoms. The number of rotatable bonds is 2. The van der Waals surface area contributed by atoms with E-state index in [0.29, 0.717) is 0 Å². The second-order valence-electron chi connectivity index (χ2n) is 8.30. The van der Waals surface area contributed by atoms with E-state index < -0.39 is 0 Å². The molecule has 0 aromatic heterocycles. The van der Waals surface area contributed by atoms with Crippen LogP contribution in [0.5, 0.6) is 0 Å². The van der Waals surface area contributed by atoms with Crippen LogP contribution >= 0.6 is 0 Å². The quantitative estimate of drug-likeness (QED) is 0.509. The molecule has 3 heteroatoms. The highest BCUT2D eigenvalue weighted by Gasteiger charge is 2.38. The van der Waals surface area contributed by atoms with E-state index in [4.69, 9.17) is 0 Å². The van der Waals surface area contributed by atoms with Gasteiger partial charge in [-0.1, -0.05) is 72.8 Å². The minimum Gasteiger partial charge on any atom is -0.391 e. The largest absolute Gasteiger partial charge is 0.391 e. The third kappa shape index (κ3) is 2.65. The van der Waals surface area contributed by atoms with Gasteiger partial charge in [-0.15, -0.1) is 0 Å². The fraction of sp³-hybridized carbons (Fsp3) is 0.231. The van der Waals surface area contributed by atoms with E-state index in [1.165, 1.54) is 38.4 Å². The maximum atomic E-state index is 10.8. The third-order valence-corrected chi connectivity index (χ3v) is 6.63. The molecule has 0 amide bonds. The fourth-order valence-corrected chi connectivity index (χ4v) is 5.34. The van der Waals surface area contributed by atoms with Crippen LogP contribution in [0.4, 0.5) is 5.69 Å². The number of hydrogen-bond donors (Lipinski definition) is 1. The second kappa shape index (κ2) is 6.58. The lowest BCUT2D eigenvalue weighted by atomic mass is 10.0. The number of nitrogens with zero attached hydrogens (tertiary/aromatic N) is 2. The van der Waals surface area contributed by atoms with Gasteiger partial charge in [0.15, 0.2) is 0 Å². The Balaban J connectivity index is 1.42. The summed E-state index contributed by atoms with van der Waals surface area (Å²) >= 11 is 0. The number of hydrogen-bond acceptors (Lipinski definition) is 3. The lowest BCUT2D eigenvalue weighted by Gasteiger charge is -2.29. The first-order valence-electron chi connectivity index (χ1n) is 10.4. The summed E-state index contributed by atoms with van der Waals surface area (Å²) in [5, 5.41) is 16.0.